The molecule has 2 aliphatic rings. The van der Waals surface area contributed by atoms with E-state index in [0.29, 0.717) is 0 Å². The molecule has 1 aromatic heterocycles. The number of fused-ring (bicyclic) bond motifs is 2. The van der Waals surface area contributed by atoms with E-state index >= 15 is 0 Å². The van der Waals surface area contributed by atoms with Gasteiger partial charge >= 0.3 is 0 Å². The van der Waals surface area contributed by atoms with Gasteiger partial charge in [-0.1, -0.05) is 6.07 Å². The summed E-state index contributed by atoms with van der Waals surface area (Å²) in [6, 6.07) is 2.37. The molecule has 0 atom stereocenters. The topological polar surface area (TPSA) is 28.2 Å². The highest BCUT2D eigenvalue weighted by molar-refractivity contribution is 5.49. The van der Waals surface area contributed by atoms with Crippen molar-refractivity contribution in [2.24, 2.45) is 0 Å². The second kappa shape index (κ2) is 3.49. The Morgan fingerprint density at radius 3 is 3.20 bits per heavy atom. The molecule has 0 saturated carbocycles. The summed E-state index contributed by atoms with van der Waals surface area (Å²) in [6.45, 7) is 3.25. The van der Waals surface area contributed by atoms with Crippen molar-refractivity contribution in [3.63, 3.8) is 0 Å². The van der Waals surface area contributed by atoms with Gasteiger partial charge in [0, 0.05) is 19.6 Å². The average molecular weight is 203 g/mol. The van der Waals surface area contributed by atoms with E-state index in [2.05, 4.69) is 23.3 Å². The molecule has 3 rings (SSSR count). The molecule has 3 heteroatoms. The summed E-state index contributed by atoms with van der Waals surface area (Å²) >= 11 is 0. The SMILES string of the molecule is CN1CCc2cc3c(nc2C1)NCCC3. The quantitative estimate of drug-likeness (QED) is 0.691. The van der Waals surface area contributed by atoms with Crippen molar-refractivity contribution in [2.75, 3.05) is 25.5 Å². The first kappa shape index (κ1) is 9.16. The van der Waals surface area contributed by atoms with Crippen LogP contribution in [0.15, 0.2) is 6.07 Å². The maximum atomic E-state index is 4.75. The van der Waals surface area contributed by atoms with Crippen molar-refractivity contribution in [1.29, 1.82) is 0 Å². The molecule has 0 unspecified atom stereocenters. The summed E-state index contributed by atoms with van der Waals surface area (Å²) in [5.74, 6) is 1.13. The van der Waals surface area contributed by atoms with Gasteiger partial charge in [0.25, 0.3) is 0 Å². The van der Waals surface area contributed by atoms with Gasteiger partial charge in [-0.15, -0.1) is 0 Å². The summed E-state index contributed by atoms with van der Waals surface area (Å²) in [4.78, 5) is 7.09. The highest BCUT2D eigenvalue weighted by Crippen LogP contribution is 2.25. The molecular weight excluding hydrogens is 186 g/mol. The minimum absolute atomic E-state index is 1.00. The zero-order valence-corrected chi connectivity index (χ0v) is 9.21. The normalized spacial score (nSPS) is 20.3. The number of rotatable bonds is 0. The predicted molar refractivity (Wildman–Crippen MR) is 61.1 cm³/mol. The number of anilines is 1. The van der Waals surface area contributed by atoms with Crippen LogP contribution < -0.4 is 5.32 Å². The maximum absolute atomic E-state index is 4.75. The highest BCUT2D eigenvalue weighted by atomic mass is 15.1. The first-order valence-electron chi connectivity index (χ1n) is 5.77. The molecule has 3 heterocycles. The second-order valence-corrected chi connectivity index (χ2v) is 4.62. The van der Waals surface area contributed by atoms with E-state index < -0.39 is 0 Å². The molecule has 3 nitrogen and oxygen atoms in total. The molecule has 2 aliphatic heterocycles. The lowest BCUT2D eigenvalue weighted by atomic mass is 9.99. The number of aromatic nitrogens is 1. The highest BCUT2D eigenvalue weighted by Gasteiger charge is 2.18. The zero-order chi connectivity index (χ0) is 10.3. The Morgan fingerprint density at radius 1 is 1.33 bits per heavy atom. The number of nitrogens with zero attached hydrogens (tertiary/aromatic N) is 2. The molecule has 0 aromatic carbocycles. The molecule has 80 valence electrons. The van der Waals surface area contributed by atoms with Crippen molar-refractivity contribution in [1.82, 2.24) is 9.88 Å². The third kappa shape index (κ3) is 1.61. The molecule has 0 aliphatic carbocycles. The van der Waals surface area contributed by atoms with E-state index in [1.54, 1.807) is 0 Å². The number of hydrogen-bond donors (Lipinski definition) is 1. The Kier molecular flexibility index (Phi) is 2.13. The van der Waals surface area contributed by atoms with Gasteiger partial charge in [0.05, 0.1) is 5.69 Å². The minimum Gasteiger partial charge on any atom is -0.370 e. The summed E-state index contributed by atoms with van der Waals surface area (Å²) in [6.07, 6.45) is 3.60. The molecular formula is C12H17N3. The molecule has 1 N–H and O–H groups in total. The Morgan fingerprint density at radius 2 is 2.27 bits per heavy atom. The minimum atomic E-state index is 1.00. The number of aryl methyl sites for hydroxylation is 1. The van der Waals surface area contributed by atoms with Gasteiger partial charge in [0.15, 0.2) is 0 Å². The summed E-state index contributed by atoms with van der Waals surface area (Å²) in [5.41, 5.74) is 4.16. The maximum Gasteiger partial charge on any atom is 0.129 e. The molecule has 15 heavy (non-hydrogen) atoms. The number of pyridine rings is 1. The van der Waals surface area contributed by atoms with Crippen molar-refractivity contribution >= 4 is 5.82 Å². The van der Waals surface area contributed by atoms with Crippen molar-refractivity contribution in [3.05, 3.63) is 22.9 Å². The molecule has 0 fully saturated rings. The van der Waals surface area contributed by atoms with E-state index in [4.69, 9.17) is 4.98 Å². The molecule has 0 radical (unpaired) electrons. The molecule has 0 amide bonds. The van der Waals surface area contributed by atoms with Gasteiger partial charge in [0.2, 0.25) is 0 Å². The fourth-order valence-corrected chi connectivity index (χ4v) is 2.47. The third-order valence-electron chi connectivity index (χ3n) is 3.37. The predicted octanol–water partition coefficient (Wildman–Crippen LogP) is 1.43. The van der Waals surface area contributed by atoms with Crippen LogP contribution >= 0.6 is 0 Å². The van der Waals surface area contributed by atoms with Gasteiger partial charge < -0.3 is 10.2 Å². The Hall–Kier alpha value is -1.09. The third-order valence-corrected chi connectivity index (χ3v) is 3.37. The number of nitrogens with one attached hydrogen (secondary N) is 1. The Bertz CT molecular complexity index is 387. The van der Waals surface area contributed by atoms with Crippen LogP contribution in [0, 0.1) is 0 Å². The second-order valence-electron chi connectivity index (χ2n) is 4.62. The average Bonchev–Trinajstić information content (AvgIpc) is 2.26. The molecule has 0 bridgehead atoms. The van der Waals surface area contributed by atoms with E-state index in [9.17, 15) is 0 Å². The van der Waals surface area contributed by atoms with E-state index in [-0.39, 0.29) is 0 Å². The summed E-state index contributed by atoms with van der Waals surface area (Å²) in [5, 5.41) is 3.40. The van der Waals surface area contributed by atoms with Crippen LogP contribution in [0.25, 0.3) is 0 Å². The fourth-order valence-electron chi connectivity index (χ4n) is 2.47. The first-order chi connectivity index (χ1) is 7.33. The first-order valence-corrected chi connectivity index (χ1v) is 5.77. The van der Waals surface area contributed by atoms with E-state index in [1.807, 2.05) is 0 Å². The van der Waals surface area contributed by atoms with E-state index in [0.717, 1.165) is 25.3 Å². The van der Waals surface area contributed by atoms with Crippen LogP contribution in [-0.4, -0.2) is 30.0 Å². The Balaban J connectivity index is 2.02. The van der Waals surface area contributed by atoms with Crippen LogP contribution in [0.1, 0.15) is 23.2 Å². The van der Waals surface area contributed by atoms with Crippen LogP contribution in [0.3, 0.4) is 0 Å². The van der Waals surface area contributed by atoms with Crippen molar-refractivity contribution < 1.29 is 0 Å². The molecule has 1 aromatic rings. The standard InChI is InChI=1S/C12H17N3/c1-15-6-4-9-7-10-3-2-5-13-12(10)14-11(9)8-15/h7H,2-6,8H2,1H3,(H,13,14). The van der Waals surface area contributed by atoms with Crippen LogP contribution in [-0.2, 0) is 19.4 Å². The fraction of sp³-hybridized carbons (Fsp3) is 0.583. The van der Waals surface area contributed by atoms with Gasteiger partial charge in [-0.3, -0.25) is 0 Å². The number of hydrogen-bond acceptors (Lipinski definition) is 3. The molecule has 0 saturated heterocycles. The van der Waals surface area contributed by atoms with Crippen LogP contribution in [0.5, 0.6) is 0 Å². The summed E-state index contributed by atoms with van der Waals surface area (Å²) < 4.78 is 0. The van der Waals surface area contributed by atoms with Gasteiger partial charge in [-0.25, -0.2) is 4.98 Å². The monoisotopic (exact) mass is 203 g/mol. The smallest absolute Gasteiger partial charge is 0.129 e. The largest absolute Gasteiger partial charge is 0.370 e. The van der Waals surface area contributed by atoms with Crippen molar-refractivity contribution in [3.8, 4) is 0 Å². The van der Waals surface area contributed by atoms with Gasteiger partial charge in [-0.2, -0.15) is 0 Å². The van der Waals surface area contributed by atoms with E-state index in [1.165, 1.54) is 36.2 Å². The van der Waals surface area contributed by atoms with Gasteiger partial charge in [0.1, 0.15) is 5.82 Å². The van der Waals surface area contributed by atoms with Gasteiger partial charge in [-0.05, 0) is 37.4 Å². The number of likely N-dealkylation sites (N-methyl/N-ethyl adjacent to an activating group) is 1. The Labute approximate surface area is 90.5 Å². The summed E-state index contributed by atoms with van der Waals surface area (Å²) in [7, 11) is 2.16. The lowest BCUT2D eigenvalue weighted by molar-refractivity contribution is 0.307. The zero-order valence-electron chi connectivity index (χ0n) is 9.21. The van der Waals surface area contributed by atoms with Crippen LogP contribution in [0.4, 0.5) is 5.82 Å². The lowest BCUT2D eigenvalue weighted by Crippen LogP contribution is -2.28. The van der Waals surface area contributed by atoms with Crippen molar-refractivity contribution in [2.45, 2.75) is 25.8 Å². The van der Waals surface area contributed by atoms with Crippen LogP contribution in [0.2, 0.25) is 0 Å². The molecule has 0 spiro atoms. The lowest BCUT2D eigenvalue weighted by Gasteiger charge is -2.27.